The van der Waals surface area contributed by atoms with Crippen LogP contribution < -0.4 is 0 Å². The quantitative estimate of drug-likeness (QED) is 0.585. The molecule has 2 heterocycles. The number of carbonyl (C=O) groups excluding carboxylic acids is 1. The molecule has 2 aromatic heterocycles. The van der Waals surface area contributed by atoms with Crippen molar-refractivity contribution >= 4 is 34.1 Å². The number of aromatic nitrogens is 1. The molecule has 0 saturated heterocycles. The van der Waals surface area contributed by atoms with Gasteiger partial charge >= 0.3 is 0 Å². The van der Waals surface area contributed by atoms with Crippen LogP contribution in [0.3, 0.4) is 0 Å². The van der Waals surface area contributed by atoms with Crippen LogP contribution in [0, 0.1) is 0 Å². The van der Waals surface area contributed by atoms with E-state index in [-0.39, 0.29) is 11.5 Å². The van der Waals surface area contributed by atoms with Gasteiger partial charge in [-0.3, -0.25) is 9.78 Å². The number of nitrogens with zero attached hydrogens (tertiary/aromatic N) is 1. The van der Waals surface area contributed by atoms with Crippen molar-refractivity contribution < 1.29 is 9.90 Å². The van der Waals surface area contributed by atoms with Gasteiger partial charge in [0, 0.05) is 17.1 Å². The van der Waals surface area contributed by atoms with Gasteiger partial charge in [-0.05, 0) is 29.7 Å². The molecule has 98 valence electrons. The zero-order valence-corrected chi connectivity index (χ0v) is 11.3. The van der Waals surface area contributed by atoms with Crippen LogP contribution in [0.1, 0.15) is 15.2 Å². The maximum absolute atomic E-state index is 11.9. The molecule has 0 fully saturated rings. The summed E-state index contributed by atoms with van der Waals surface area (Å²) < 4.78 is 0. The third kappa shape index (κ3) is 2.33. The second-order valence-electron chi connectivity index (χ2n) is 4.25. The molecule has 3 nitrogen and oxygen atoms in total. The maximum Gasteiger partial charge on any atom is 0.195 e. The minimum absolute atomic E-state index is 0.0690. The van der Waals surface area contributed by atoms with Gasteiger partial charge < -0.3 is 5.11 Å². The highest BCUT2D eigenvalue weighted by molar-refractivity contribution is 7.12. The van der Waals surface area contributed by atoms with Gasteiger partial charge in [0.05, 0.1) is 4.88 Å². The lowest BCUT2D eigenvalue weighted by atomic mass is 10.1. The van der Waals surface area contributed by atoms with E-state index in [0.717, 1.165) is 5.39 Å². The molecule has 0 amide bonds. The SMILES string of the molecule is O=C(/C=C/c1ccc2cccnc2c1O)c1cccs1. The number of hydrogen-bond acceptors (Lipinski definition) is 4. The minimum Gasteiger partial charge on any atom is -0.505 e. The number of carbonyl (C=O) groups is 1. The fourth-order valence-electron chi connectivity index (χ4n) is 1.95. The van der Waals surface area contributed by atoms with Crippen LogP contribution in [0.4, 0.5) is 0 Å². The number of aromatic hydroxyl groups is 1. The number of rotatable bonds is 3. The lowest BCUT2D eigenvalue weighted by Gasteiger charge is -2.03. The monoisotopic (exact) mass is 281 g/mol. The Morgan fingerprint density at radius 2 is 2.10 bits per heavy atom. The molecule has 0 spiro atoms. The smallest absolute Gasteiger partial charge is 0.195 e. The van der Waals surface area contributed by atoms with Crippen LogP contribution in [0.25, 0.3) is 17.0 Å². The summed E-state index contributed by atoms with van der Waals surface area (Å²) in [4.78, 5) is 16.7. The fourth-order valence-corrected chi connectivity index (χ4v) is 2.59. The highest BCUT2D eigenvalue weighted by Crippen LogP contribution is 2.27. The summed E-state index contributed by atoms with van der Waals surface area (Å²) in [6, 6.07) is 11.0. The largest absolute Gasteiger partial charge is 0.505 e. The van der Waals surface area contributed by atoms with Crippen molar-refractivity contribution in [2.24, 2.45) is 0 Å². The Kier molecular flexibility index (Phi) is 3.31. The summed E-state index contributed by atoms with van der Waals surface area (Å²) in [6.07, 6.45) is 4.72. The molecular formula is C16H11NO2S. The van der Waals surface area contributed by atoms with E-state index in [0.29, 0.717) is 16.0 Å². The van der Waals surface area contributed by atoms with Crippen molar-refractivity contribution in [3.8, 4) is 5.75 Å². The molecule has 3 rings (SSSR count). The van der Waals surface area contributed by atoms with Gasteiger partial charge in [-0.2, -0.15) is 0 Å². The Labute approximate surface area is 119 Å². The molecule has 1 N–H and O–H groups in total. The van der Waals surface area contributed by atoms with E-state index in [1.165, 1.54) is 17.4 Å². The summed E-state index contributed by atoms with van der Waals surface area (Å²) in [5.74, 6) is 0.0267. The predicted octanol–water partition coefficient (Wildman–Crippen LogP) is 3.90. The number of pyridine rings is 1. The normalized spacial score (nSPS) is 11.2. The van der Waals surface area contributed by atoms with Crippen LogP contribution in [-0.4, -0.2) is 15.9 Å². The molecule has 0 saturated carbocycles. The molecular weight excluding hydrogens is 270 g/mol. The fraction of sp³-hybridized carbons (Fsp3) is 0. The van der Waals surface area contributed by atoms with E-state index in [1.54, 1.807) is 24.4 Å². The van der Waals surface area contributed by atoms with E-state index < -0.39 is 0 Å². The van der Waals surface area contributed by atoms with Gasteiger partial charge in [-0.25, -0.2) is 0 Å². The average Bonchev–Trinajstić information content (AvgIpc) is 3.01. The third-order valence-electron chi connectivity index (χ3n) is 2.96. The number of phenolic OH excluding ortho intramolecular Hbond substituents is 1. The van der Waals surface area contributed by atoms with Gasteiger partial charge in [0.2, 0.25) is 0 Å². The van der Waals surface area contributed by atoms with Crippen LogP contribution in [0.15, 0.2) is 54.1 Å². The number of allylic oxidation sites excluding steroid dienone is 1. The van der Waals surface area contributed by atoms with Crippen molar-refractivity contribution in [3.63, 3.8) is 0 Å². The van der Waals surface area contributed by atoms with Crippen molar-refractivity contribution in [1.29, 1.82) is 0 Å². The van der Waals surface area contributed by atoms with Crippen LogP contribution in [0.5, 0.6) is 5.75 Å². The predicted molar refractivity (Wildman–Crippen MR) is 81.1 cm³/mol. The van der Waals surface area contributed by atoms with Gasteiger partial charge in [-0.15, -0.1) is 11.3 Å². The number of fused-ring (bicyclic) bond motifs is 1. The maximum atomic E-state index is 11.9. The molecule has 0 aliphatic carbocycles. The Hall–Kier alpha value is -2.46. The number of benzene rings is 1. The minimum atomic E-state index is -0.0690. The number of phenols is 1. The second-order valence-corrected chi connectivity index (χ2v) is 5.20. The summed E-state index contributed by atoms with van der Waals surface area (Å²) in [5, 5.41) is 12.9. The molecule has 1 aromatic carbocycles. The molecule has 20 heavy (non-hydrogen) atoms. The van der Waals surface area contributed by atoms with E-state index in [1.807, 2.05) is 29.6 Å². The number of ketones is 1. The van der Waals surface area contributed by atoms with Crippen molar-refractivity contribution in [2.75, 3.05) is 0 Å². The Bertz CT molecular complexity index is 791. The molecule has 3 aromatic rings. The van der Waals surface area contributed by atoms with Gasteiger partial charge in [0.25, 0.3) is 0 Å². The van der Waals surface area contributed by atoms with Crippen molar-refractivity contribution in [2.45, 2.75) is 0 Å². The molecule has 0 bridgehead atoms. The highest BCUT2D eigenvalue weighted by Gasteiger charge is 2.06. The highest BCUT2D eigenvalue weighted by atomic mass is 32.1. The van der Waals surface area contributed by atoms with Crippen LogP contribution in [0.2, 0.25) is 0 Å². The van der Waals surface area contributed by atoms with E-state index in [9.17, 15) is 9.90 Å². The molecule has 0 aliphatic rings. The van der Waals surface area contributed by atoms with Crippen molar-refractivity contribution in [1.82, 2.24) is 4.98 Å². The Balaban J connectivity index is 1.95. The first-order valence-electron chi connectivity index (χ1n) is 6.08. The lowest BCUT2D eigenvalue weighted by Crippen LogP contribution is -1.89. The molecule has 0 aliphatic heterocycles. The summed E-state index contributed by atoms with van der Waals surface area (Å²) in [7, 11) is 0. The zero-order valence-electron chi connectivity index (χ0n) is 10.5. The molecule has 0 radical (unpaired) electrons. The van der Waals surface area contributed by atoms with Crippen molar-refractivity contribution in [3.05, 3.63) is 64.5 Å². The third-order valence-corrected chi connectivity index (χ3v) is 3.84. The zero-order chi connectivity index (χ0) is 13.9. The summed E-state index contributed by atoms with van der Waals surface area (Å²) in [6.45, 7) is 0. The van der Waals surface area contributed by atoms with E-state index in [4.69, 9.17) is 0 Å². The molecule has 0 atom stereocenters. The van der Waals surface area contributed by atoms with Gasteiger partial charge in [0.15, 0.2) is 5.78 Å². The second kappa shape index (κ2) is 5.27. The summed E-state index contributed by atoms with van der Waals surface area (Å²) >= 11 is 1.40. The van der Waals surface area contributed by atoms with Gasteiger partial charge in [-0.1, -0.05) is 24.3 Å². The summed E-state index contributed by atoms with van der Waals surface area (Å²) in [5.41, 5.74) is 1.12. The Morgan fingerprint density at radius 3 is 2.90 bits per heavy atom. The topological polar surface area (TPSA) is 50.2 Å². The molecule has 0 unspecified atom stereocenters. The first kappa shape index (κ1) is 12.6. The number of thiophene rings is 1. The average molecular weight is 281 g/mol. The first-order valence-corrected chi connectivity index (χ1v) is 6.96. The van der Waals surface area contributed by atoms with Crippen LogP contribution >= 0.6 is 11.3 Å². The van der Waals surface area contributed by atoms with Crippen LogP contribution in [-0.2, 0) is 0 Å². The number of hydrogen-bond donors (Lipinski definition) is 1. The van der Waals surface area contributed by atoms with E-state index >= 15 is 0 Å². The van der Waals surface area contributed by atoms with Gasteiger partial charge in [0.1, 0.15) is 11.3 Å². The Morgan fingerprint density at radius 1 is 1.20 bits per heavy atom. The lowest BCUT2D eigenvalue weighted by molar-refractivity contribution is 0.105. The molecule has 4 heteroatoms. The first-order chi connectivity index (χ1) is 9.75. The standard InChI is InChI=1S/C16H11NO2S/c18-13(14-4-2-10-20-14)8-7-12-6-5-11-3-1-9-17-15(11)16(12)19/h1-10,19H/b8-7+. The van der Waals surface area contributed by atoms with E-state index in [2.05, 4.69) is 4.98 Å².